The first-order valence-electron chi connectivity index (χ1n) is 12.4. The molecule has 0 spiro atoms. The molecule has 204 valence electrons. The molecule has 40 heavy (non-hydrogen) atoms. The predicted molar refractivity (Wildman–Crippen MR) is 144 cm³/mol. The lowest BCUT2D eigenvalue weighted by molar-refractivity contribution is -0.142. The molecule has 2 aliphatic rings. The quantitative estimate of drug-likeness (QED) is 0.269. The van der Waals surface area contributed by atoms with Crippen molar-refractivity contribution >= 4 is 45.2 Å². The molecule has 5 rings (SSSR count). The lowest BCUT2D eigenvalue weighted by atomic mass is 9.84. The number of hydrogen-bond acceptors (Lipinski definition) is 8. The van der Waals surface area contributed by atoms with Crippen molar-refractivity contribution in [1.82, 2.24) is 4.31 Å². The Labute approximate surface area is 230 Å². The molecule has 0 unspecified atom stereocenters. The van der Waals surface area contributed by atoms with E-state index >= 15 is 0 Å². The number of amides is 1. The lowest BCUT2D eigenvalue weighted by Gasteiger charge is -2.26. The minimum absolute atomic E-state index is 0.142. The summed E-state index contributed by atoms with van der Waals surface area (Å²) in [4.78, 5) is 50.2. The van der Waals surface area contributed by atoms with Crippen LogP contribution in [0.15, 0.2) is 77.7 Å². The number of ketones is 2. The van der Waals surface area contributed by atoms with Gasteiger partial charge >= 0.3 is 5.97 Å². The number of rotatable bonds is 7. The van der Waals surface area contributed by atoms with Crippen LogP contribution in [0.4, 0.5) is 5.69 Å². The van der Waals surface area contributed by atoms with Crippen LogP contribution in [0.25, 0.3) is 6.08 Å². The van der Waals surface area contributed by atoms with Crippen LogP contribution in [-0.2, 0) is 29.1 Å². The van der Waals surface area contributed by atoms with Gasteiger partial charge in [-0.2, -0.15) is 4.31 Å². The molecule has 1 saturated heterocycles. The summed E-state index contributed by atoms with van der Waals surface area (Å²) in [6.45, 7) is 0.712. The van der Waals surface area contributed by atoms with Crippen molar-refractivity contribution in [2.45, 2.75) is 4.90 Å². The molecule has 0 saturated carbocycles. The highest BCUT2D eigenvalue weighted by molar-refractivity contribution is 7.89. The number of nitrogens with zero attached hydrogens (tertiary/aromatic N) is 1. The van der Waals surface area contributed by atoms with Gasteiger partial charge in [0.25, 0.3) is 5.91 Å². The van der Waals surface area contributed by atoms with E-state index in [4.69, 9.17) is 9.47 Å². The number of benzene rings is 3. The van der Waals surface area contributed by atoms with Crippen LogP contribution in [0.1, 0.15) is 37.4 Å². The van der Waals surface area contributed by atoms with Crippen molar-refractivity contribution in [3.63, 3.8) is 0 Å². The largest absolute Gasteiger partial charge is 0.452 e. The molecule has 1 N–H and O–H groups in total. The molecule has 1 fully saturated rings. The summed E-state index contributed by atoms with van der Waals surface area (Å²) in [5.74, 6) is -1.99. The van der Waals surface area contributed by atoms with Crippen LogP contribution in [-0.4, -0.2) is 69.1 Å². The summed E-state index contributed by atoms with van der Waals surface area (Å²) in [5.41, 5.74) is 1.93. The highest BCUT2D eigenvalue weighted by Crippen LogP contribution is 2.29. The number of carbonyl (C=O) groups is 4. The van der Waals surface area contributed by atoms with Gasteiger partial charge in [-0.05, 0) is 42.0 Å². The fraction of sp³-hybridized carbons (Fsp3) is 0.172. The van der Waals surface area contributed by atoms with Gasteiger partial charge in [0.15, 0.2) is 18.2 Å². The zero-order chi connectivity index (χ0) is 28.3. The van der Waals surface area contributed by atoms with Crippen molar-refractivity contribution in [2.75, 3.05) is 38.2 Å². The van der Waals surface area contributed by atoms with Gasteiger partial charge in [-0.25, -0.2) is 13.2 Å². The van der Waals surface area contributed by atoms with Crippen LogP contribution < -0.4 is 5.32 Å². The molecule has 0 aromatic heterocycles. The van der Waals surface area contributed by atoms with E-state index in [-0.39, 0.29) is 33.3 Å². The molecule has 10 nitrogen and oxygen atoms in total. The smallest absolute Gasteiger partial charge is 0.331 e. The number of esters is 1. The first kappa shape index (κ1) is 27.1. The second kappa shape index (κ2) is 11.3. The molecule has 0 bridgehead atoms. The van der Waals surface area contributed by atoms with Crippen LogP contribution in [0.5, 0.6) is 0 Å². The van der Waals surface area contributed by atoms with Gasteiger partial charge in [0.2, 0.25) is 10.0 Å². The maximum Gasteiger partial charge on any atom is 0.331 e. The van der Waals surface area contributed by atoms with E-state index in [1.165, 1.54) is 40.7 Å². The van der Waals surface area contributed by atoms with Crippen molar-refractivity contribution in [1.29, 1.82) is 0 Å². The Morgan fingerprint density at radius 2 is 1.50 bits per heavy atom. The van der Waals surface area contributed by atoms with E-state index in [2.05, 4.69) is 5.32 Å². The van der Waals surface area contributed by atoms with E-state index < -0.39 is 28.5 Å². The van der Waals surface area contributed by atoms with Crippen molar-refractivity contribution in [2.24, 2.45) is 0 Å². The summed E-state index contributed by atoms with van der Waals surface area (Å²) in [6.07, 6.45) is 2.56. The Bertz CT molecular complexity index is 1640. The summed E-state index contributed by atoms with van der Waals surface area (Å²) < 4.78 is 37.0. The maximum absolute atomic E-state index is 12.9. The monoisotopic (exact) mass is 560 g/mol. The number of hydrogen-bond donors (Lipinski definition) is 1. The number of sulfonamides is 1. The van der Waals surface area contributed by atoms with Crippen molar-refractivity contribution in [3.05, 3.63) is 101 Å². The number of carbonyl (C=O) groups excluding carboxylic acids is 4. The Kier molecular flexibility index (Phi) is 7.69. The second-order valence-corrected chi connectivity index (χ2v) is 11.0. The average molecular weight is 561 g/mol. The molecule has 3 aromatic rings. The standard InChI is InChI=1S/C29H24N2O8S/c32-26(30-20-8-11-24-25(17-20)29(35)23-4-2-1-3-22(23)28(24)34)18-39-27(33)12-7-19-5-9-21(10-6-19)40(36,37)31-13-15-38-16-14-31/h1-12,17H,13-16,18H2,(H,30,32)/b12-7+. The summed E-state index contributed by atoms with van der Waals surface area (Å²) in [5, 5.41) is 2.56. The van der Waals surface area contributed by atoms with E-state index in [0.29, 0.717) is 43.0 Å². The number of anilines is 1. The molecule has 1 aliphatic carbocycles. The van der Waals surface area contributed by atoms with Gasteiger partial charge in [0.05, 0.1) is 18.1 Å². The molecule has 3 aromatic carbocycles. The Morgan fingerprint density at radius 1 is 0.875 bits per heavy atom. The highest BCUT2D eigenvalue weighted by Gasteiger charge is 2.29. The molecular formula is C29H24N2O8S. The SMILES string of the molecule is O=C(COC(=O)/C=C/c1ccc(S(=O)(=O)N2CCOCC2)cc1)Nc1ccc2c(c1)C(=O)c1ccccc1C2=O. The molecule has 11 heteroatoms. The number of fused-ring (bicyclic) bond motifs is 2. The first-order valence-corrected chi connectivity index (χ1v) is 13.8. The third-order valence-electron chi connectivity index (χ3n) is 6.45. The van der Waals surface area contributed by atoms with E-state index in [1.807, 2.05) is 0 Å². The van der Waals surface area contributed by atoms with E-state index in [9.17, 15) is 27.6 Å². The Hall–Kier alpha value is -4.45. The van der Waals surface area contributed by atoms with Crippen LogP contribution >= 0.6 is 0 Å². The number of ether oxygens (including phenoxy) is 2. The van der Waals surface area contributed by atoms with Crippen molar-refractivity contribution in [3.8, 4) is 0 Å². The van der Waals surface area contributed by atoms with Gasteiger partial charge in [0.1, 0.15) is 0 Å². The van der Waals surface area contributed by atoms with E-state index in [0.717, 1.165) is 6.08 Å². The Morgan fingerprint density at radius 3 is 2.17 bits per heavy atom. The molecule has 1 amide bonds. The average Bonchev–Trinajstić information content (AvgIpc) is 2.98. The van der Waals surface area contributed by atoms with E-state index in [1.54, 1.807) is 36.4 Å². The summed E-state index contributed by atoms with van der Waals surface area (Å²) in [7, 11) is -3.62. The minimum atomic E-state index is -3.62. The van der Waals surface area contributed by atoms with Crippen LogP contribution in [0.3, 0.4) is 0 Å². The molecule has 0 radical (unpaired) electrons. The normalized spacial score (nSPS) is 15.4. The minimum Gasteiger partial charge on any atom is -0.452 e. The van der Waals surface area contributed by atoms with Gasteiger partial charge in [-0.3, -0.25) is 14.4 Å². The molecule has 1 heterocycles. The summed E-state index contributed by atoms with van der Waals surface area (Å²) in [6, 6.07) is 17.0. The van der Waals surface area contributed by atoms with Crippen molar-refractivity contribution < 1.29 is 37.1 Å². The highest BCUT2D eigenvalue weighted by atomic mass is 32.2. The van der Waals surface area contributed by atoms with Gasteiger partial charge in [-0.1, -0.05) is 36.4 Å². The second-order valence-electron chi connectivity index (χ2n) is 9.04. The third kappa shape index (κ3) is 5.62. The zero-order valence-electron chi connectivity index (χ0n) is 21.2. The number of nitrogens with one attached hydrogen (secondary N) is 1. The van der Waals surface area contributed by atoms with Gasteiger partial charge in [-0.15, -0.1) is 0 Å². The first-order chi connectivity index (χ1) is 19.2. The molecule has 0 atom stereocenters. The lowest BCUT2D eigenvalue weighted by Crippen LogP contribution is -2.40. The summed E-state index contributed by atoms with van der Waals surface area (Å²) >= 11 is 0. The number of morpholine rings is 1. The third-order valence-corrected chi connectivity index (χ3v) is 8.37. The fourth-order valence-electron chi connectivity index (χ4n) is 4.41. The van der Waals surface area contributed by atoms with Gasteiger partial charge in [0, 0.05) is 47.1 Å². The van der Waals surface area contributed by atoms with Crippen LogP contribution in [0.2, 0.25) is 0 Å². The molecular weight excluding hydrogens is 536 g/mol. The van der Waals surface area contributed by atoms with Gasteiger partial charge < -0.3 is 14.8 Å². The fourth-order valence-corrected chi connectivity index (χ4v) is 5.82. The zero-order valence-corrected chi connectivity index (χ0v) is 22.0. The maximum atomic E-state index is 12.9. The predicted octanol–water partition coefficient (Wildman–Crippen LogP) is 2.68. The molecule has 1 aliphatic heterocycles. The van der Waals surface area contributed by atoms with Crippen LogP contribution in [0, 0.1) is 0 Å². The topological polar surface area (TPSA) is 136 Å². The Balaban J connectivity index is 1.15.